The van der Waals surface area contributed by atoms with Crippen molar-refractivity contribution >= 4 is 102 Å². The standard InChI is InChI=1S/C41H67BrO10.C37H63BrO9.2C6H14.C4H5ClO.CH4.2H2/c1-9-11-12-13-14-15-16-17-18-19-20-21-22-23-24-25-26-50-36(44)33(29-34(42)37(45)49-10-2)30-41(7,39(47)48-8)31-40(5,6)38(46)52-28-27-51-35(43)32(3)4;1-7-9-10-11-12-13-14-15-16-17-18-19-20-21-22-23-25-46-32(40)30(27-31(38)33(41)45-8-2)28-37(5,35(43)44-6)29-36(3,4)34(42)47-26-24-39;2*1-3-5-6-4-2;1-3(2)4(5)6;;;/h2,33-34H,3,9,11-31H2,1,4-8H3;2,30-31,39H,7,9-29H2,1,3-6H3;2*3-6H2,1-2H3;1H2,2H3;1H4;2*1H/t33-,34-,41-;30-,31-,37-;;;;;;/m00....../s1. The molecular weight excluding hydrogens is 1660 g/mol. The van der Waals surface area contributed by atoms with Gasteiger partial charge >= 0.3 is 53.7 Å². The molecule has 0 spiro atoms. The summed E-state index contributed by atoms with van der Waals surface area (Å²) in [5, 5.41) is 8.58. The molecule has 0 aromatic heterocycles. The molecule has 0 fully saturated rings. The third kappa shape index (κ3) is 70.3. The fourth-order valence-corrected chi connectivity index (χ4v) is 14.5. The summed E-state index contributed by atoms with van der Waals surface area (Å²) >= 11 is 11.4. The van der Waals surface area contributed by atoms with Gasteiger partial charge in [-0.05, 0) is 118 Å². The van der Waals surface area contributed by atoms with Crippen LogP contribution in [0.5, 0.6) is 0 Å². The number of hydrogen-bond acceptors (Lipinski definition) is 20. The number of rotatable bonds is 67. The van der Waals surface area contributed by atoms with Crippen LogP contribution < -0.4 is 0 Å². The molecule has 0 aliphatic heterocycles. The highest BCUT2D eigenvalue weighted by molar-refractivity contribution is 9.10. The maximum absolute atomic E-state index is 13.5. The van der Waals surface area contributed by atoms with Crippen molar-refractivity contribution in [2.24, 2.45) is 33.5 Å². The molecule has 6 atom stereocenters. The molecule has 0 aromatic carbocycles. The van der Waals surface area contributed by atoms with Crippen molar-refractivity contribution < 1.29 is 98.5 Å². The number of carbonyl (C=O) groups is 10. The number of halogens is 3. The van der Waals surface area contributed by atoms with Crippen molar-refractivity contribution in [3.8, 4) is 25.1 Å². The van der Waals surface area contributed by atoms with Gasteiger partial charge in [0.1, 0.15) is 41.7 Å². The van der Waals surface area contributed by atoms with Gasteiger partial charge in [0.2, 0.25) is 5.24 Å². The van der Waals surface area contributed by atoms with Gasteiger partial charge in [0.15, 0.2) is 0 Å². The summed E-state index contributed by atoms with van der Waals surface area (Å²) < 4.78 is 46.2. The van der Waals surface area contributed by atoms with Crippen LogP contribution in [0.25, 0.3) is 0 Å². The summed E-state index contributed by atoms with van der Waals surface area (Å²) in [6.45, 7) is 32.5. The maximum Gasteiger partial charge on any atom is 0.333 e. The molecule has 118 heavy (non-hydrogen) atoms. The van der Waals surface area contributed by atoms with Crippen molar-refractivity contribution in [1.82, 2.24) is 0 Å². The van der Waals surface area contributed by atoms with E-state index >= 15 is 0 Å². The number of alkyl halides is 2. The van der Waals surface area contributed by atoms with E-state index < -0.39 is 102 Å². The van der Waals surface area contributed by atoms with Crippen molar-refractivity contribution in [2.45, 2.75) is 409 Å². The summed E-state index contributed by atoms with van der Waals surface area (Å²) in [5.41, 5.74) is -4.41. The molecule has 0 saturated carbocycles. The Kier molecular flexibility index (Phi) is 85.2. The van der Waals surface area contributed by atoms with E-state index in [1.807, 2.05) is 12.2 Å². The SMILES string of the molecule is C.C#COC(=O)[C@@H](Br)C[C@@H](C[C@@](C)(CC(C)(C)C(=O)OCCO)C(=O)OC)C(=O)OCCCCCCCCCCCCCCCCCC.C#COC(=O)[C@@H](Br)C[C@@H](C[C@@](C)(CC(C)(C)C(=O)OCCOC(=O)C(=C)C)C(=O)OC)C(=O)OCCCCCCCCCCCCCCCCCC.C=C(C)C(=O)Cl.CCCCCC.CCCCCC.[HH].[HH]. The van der Waals surface area contributed by atoms with Gasteiger partial charge in [0.25, 0.3) is 0 Å². The minimum absolute atomic E-state index is 0. The number of esters is 9. The zero-order chi connectivity index (χ0) is 89.8. The average molecular weight is 1830 g/mol. The molecule has 0 rings (SSSR count). The Hall–Kier alpha value is -5.29. The normalized spacial score (nSPS) is 12.8. The molecule has 0 unspecified atom stereocenters. The van der Waals surface area contributed by atoms with E-state index in [1.54, 1.807) is 48.5 Å². The van der Waals surface area contributed by atoms with Gasteiger partial charge < -0.3 is 47.7 Å². The first-order valence-corrected chi connectivity index (χ1v) is 46.5. The predicted octanol–water partition coefficient (Wildman–Crippen LogP) is 25.2. The van der Waals surface area contributed by atoms with Crippen molar-refractivity contribution in [3.63, 3.8) is 0 Å². The highest BCUT2D eigenvalue weighted by Gasteiger charge is 2.49. The first kappa shape index (κ1) is 124. The van der Waals surface area contributed by atoms with Crippen molar-refractivity contribution in [1.29, 1.82) is 0 Å². The fourth-order valence-electron chi connectivity index (χ4n) is 13.4. The predicted molar refractivity (Wildman–Crippen MR) is 490 cm³/mol. The van der Waals surface area contributed by atoms with Crippen LogP contribution >= 0.6 is 43.5 Å². The summed E-state index contributed by atoms with van der Waals surface area (Å²) in [4.78, 5) is 123. The zero-order valence-electron chi connectivity index (χ0n) is 76.0. The number of carbonyl (C=O) groups excluding carboxylic acids is 10. The summed E-state index contributed by atoms with van der Waals surface area (Å²) in [7, 11) is 2.46. The first-order valence-electron chi connectivity index (χ1n) is 44.2. The Bertz CT molecular complexity index is 2730. The zero-order valence-corrected chi connectivity index (χ0v) is 79.9. The van der Waals surface area contributed by atoms with Gasteiger partial charge in [-0.1, -0.05) is 351 Å². The minimum Gasteiger partial charge on any atom is -0.469 e. The molecule has 0 aliphatic rings. The van der Waals surface area contributed by atoms with Crippen LogP contribution in [0.2, 0.25) is 0 Å². The highest BCUT2D eigenvalue weighted by Crippen LogP contribution is 2.44. The molecule has 0 aliphatic carbocycles. The molecule has 0 aromatic rings. The lowest BCUT2D eigenvalue weighted by atomic mass is 9.69. The van der Waals surface area contributed by atoms with Crippen molar-refractivity contribution in [2.75, 3.05) is 53.9 Å². The monoisotopic (exact) mass is 1830 g/mol. The lowest BCUT2D eigenvalue weighted by Crippen LogP contribution is -2.41. The summed E-state index contributed by atoms with van der Waals surface area (Å²) in [6.07, 6.45) is 64.2. The topological polar surface area (TPSA) is 274 Å². The van der Waals surface area contributed by atoms with Gasteiger partial charge in [-0.25, -0.2) is 14.4 Å². The second kappa shape index (κ2) is 81.4. The number of hydrogen-bond donors (Lipinski definition) is 1. The fraction of sp³-hybridized carbons (Fsp3) is 0.811. The lowest BCUT2D eigenvalue weighted by Gasteiger charge is -2.36. The number of aliphatic hydroxyl groups is 1. The van der Waals surface area contributed by atoms with Crippen LogP contribution in [-0.2, 0) is 90.6 Å². The van der Waals surface area contributed by atoms with Crippen LogP contribution in [-0.4, -0.2) is 128 Å². The Labute approximate surface area is 742 Å². The number of aliphatic hydroxyl groups excluding tert-OH is 1. The van der Waals surface area contributed by atoms with E-state index in [2.05, 4.69) is 96.0 Å². The largest absolute Gasteiger partial charge is 0.469 e. The lowest BCUT2D eigenvalue weighted by molar-refractivity contribution is -0.166. The summed E-state index contributed by atoms with van der Waals surface area (Å²) in [6, 6.07) is 0. The second-order valence-corrected chi connectivity index (χ2v) is 35.4. The number of allylic oxidation sites excluding steroid dienone is 1. The smallest absolute Gasteiger partial charge is 0.333 e. The third-order valence-electron chi connectivity index (χ3n) is 20.0. The number of ether oxygens (including phenoxy) is 9. The number of methoxy groups -OCH3 is 2. The van der Waals surface area contributed by atoms with E-state index in [0.717, 1.165) is 38.5 Å². The van der Waals surface area contributed by atoms with Gasteiger partial charge in [-0.3, -0.25) is 33.6 Å². The third-order valence-corrected chi connectivity index (χ3v) is 21.8. The Morgan fingerprint density at radius 3 is 0.847 bits per heavy atom. The molecule has 0 amide bonds. The Balaban J connectivity index is -0.000000282. The van der Waals surface area contributed by atoms with E-state index in [-0.39, 0.29) is 94.0 Å². The molecule has 20 nitrogen and oxygen atoms in total. The van der Waals surface area contributed by atoms with Gasteiger partial charge in [-0.15, -0.1) is 0 Å². The van der Waals surface area contributed by atoms with Gasteiger partial charge in [0.05, 0.1) is 67.5 Å². The van der Waals surface area contributed by atoms with E-state index in [4.69, 9.17) is 62.7 Å². The second-order valence-electron chi connectivity index (χ2n) is 32.8. The number of unbranched alkanes of at least 4 members (excludes halogenated alkanes) is 36. The Morgan fingerprint density at radius 1 is 0.381 bits per heavy atom. The average Bonchev–Trinajstić information content (AvgIpc) is 0.807. The van der Waals surface area contributed by atoms with Gasteiger partial charge in [0, 0.05) is 14.0 Å². The van der Waals surface area contributed by atoms with Gasteiger partial charge in [-0.2, -0.15) is 0 Å². The molecular formula is C95H171Br2ClO20. The van der Waals surface area contributed by atoms with Crippen LogP contribution in [0.1, 0.15) is 403 Å². The van der Waals surface area contributed by atoms with Crippen LogP contribution in [0.3, 0.4) is 0 Å². The number of terminal acetylenes is 2. The first-order chi connectivity index (χ1) is 55.5. The highest BCUT2D eigenvalue weighted by atomic mass is 79.9. The molecule has 1 N–H and O–H groups in total. The van der Waals surface area contributed by atoms with Crippen LogP contribution in [0.4, 0.5) is 0 Å². The van der Waals surface area contributed by atoms with E-state index in [1.165, 1.54) is 227 Å². The Morgan fingerprint density at radius 2 is 0.619 bits per heavy atom. The molecule has 0 heterocycles. The van der Waals surface area contributed by atoms with Crippen LogP contribution in [0.15, 0.2) is 24.3 Å². The summed E-state index contributed by atoms with van der Waals surface area (Å²) in [5.74, 6) is -7.55. The molecule has 23 heteroatoms. The minimum atomic E-state index is -1.36. The molecule has 0 radical (unpaired) electrons. The van der Waals surface area contributed by atoms with E-state index in [9.17, 15) is 47.9 Å². The molecule has 0 saturated heterocycles. The van der Waals surface area contributed by atoms with E-state index in [0.29, 0.717) is 18.4 Å². The molecule has 0 bridgehead atoms. The quantitative estimate of drug-likeness (QED) is 0.0113. The van der Waals surface area contributed by atoms with Crippen LogP contribution in [0, 0.1) is 58.6 Å². The molecule has 692 valence electrons. The maximum atomic E-state index is 13.5. The van der Waals surface area contributed by atoms with Crippen molar-refractivity contribution in [3.05, 3.63) is 24.3 Å².